The summed E-state index contributed by atoms with van der Waals surface area (Å²) in [7, 11) is 0. The summed E-state index contributed by atoms with van der Waals surface area (Å²) in [6, 6.07) is 6.35. The van der Waals surface area contributed by atoms with Crippen molar-refractivity contribution in [1.29, 1.82) is 0 Å². The van der Waals surface area contributed by atoms with Crippen molar-refractivity contribution in [3.05, 3.63) is 35.4 Å². The summed E-state index contributed by atoms with van der Waals surface area (Å²) in [6.45, 7) is 6.03. The van der Waals surface area contributed by atoms with Crippen LogP contribution in [-0.4, -0.2) is 49.0 Å². The van der Waals surface area contributed by atoms with Gasteiger partial charge in [-0.2, -0.15) is 11.8 Å². The molecule has 0 spiro atoms. The minimum absolute atomic E-state index is 0.317. The number of amides is 2. The van der Waals surface area contributed by atoms with E-state index in [0.29, 0.717) is 30.2 Å². The standard InChI is InChI=1S/C19H28N2O4S/c1-13(2)11-20-17(22)12-25-19(24)16(8-9-26-4)21-18(23)15-7-5-6-14(3)10-15/h5-7,10,13,16H,8-9,11-12H2,1-4H3,(H,20,22)(H,21,23)/t16-/m1/s1. The summed E-state index contributed by atoms with van der Waals surface area (Å²) in [5, 5.41) is 5.40. The number of hydrogen-bond acceptors (Lipinski definition) is 5. The van der Waals surface area contributed by atoms with Crippen molar-refractivity contribution in [2.24, 2.45) is 5.92 Å². The van der Waals surface area contributed by atoms with Crippen LogP contribution in [0.1, 0.15) is 36.2 Å². The number of thioether (sulfide) groups is 1. The van der Waals surface area contributed by atoms with Gasteiger partial charge in [0.05, 0.1) is 0 Å². The van der Waals surface area contributed by atoms with E-state index in [4.69, 9.17) is 4.74 Å². The molecular formula is C19H28N2O4S. The molecule has 1 aromatic carbocycles. The van der Waals surface area contributed by atoms with Gasteiger partial charge >= 0.3 is 5.97 Å². The molecule has 0 unspecified atom stereocenters. The number of esters is 1. The van der Waals surface area contributed by atoms with E-state index < -0.39 is 12.0 Å². The molecule has 0 saturated carbocycles. The third-order valence-electron chi connectivity index (χ3n) is 3.53. The number of aryl methyl sites for hydroxylation is 1. The predicted octanol–water partition coefficient (Wildman–Crippen LogP) is 2.16. The molecule has 0 radical (unpaired) electrons. The third kappa shape index (κ3) is 8.38. The number of carbonyl (C=O) groups excluding carboxylic acids is 3. The van der Waals surface area contributed by atoms with Crippen molar-refractivity contribution in [2.75, 3.05) is 25.2 Å². The fraction of sp³-hybridized carbons (Fsp3) is 0.526. The first-order valence-electron chi connectivity index (χ1n) is 8.63. The lowest BCUT2D eigenvalue weighted by Crippen LogP contribution is -2.43. The van der Waals surface area contributed by atoms with E-state index in [-0.39, 0.29) is 18.4 Å². The molecule has 0 aromatic heterocycles. The van der Waals surface area contributed by atoms with Crippen LogP contribution in [0.25, 0.3) is 0 Å². The van der Waals surface area contributed by atoms with Gasteiger partial charge in [0.2, 0.25) is 0 Å². The van der Waals surface area contributed by atoms with Crippen LogP contribution < -0.4 is 10.6 Å². The third-order valence-corrected chi connectivity index (χ3v) is 4.18. The molecule has 6 nitrogen and oxygen atoms in total. The Kier molecular flexibility index (Phi) is 9.80. The maximum Gasteiger partial charge on any atom is 0.329 e. The largest absolute Gasteiger partial charge is 0.454 e. The zero-order chi connectivity index (χ0) is 19.5. The molecule has 0 heterocycles. The van der Waals surface area contributed by atoms with Crippen LogP contribution in [0.3, 0.4) is 0 Å². The number of carbonyl (C=O) groups is 3. The van der Waals surface area contributed by atoms with Crippen molar-refractivity contribution in [2.45, 2.75) is 33.2 Å². The van der Waals surface area contributed by atoms with E-state index in [0.717, 1.165) is 5.56 Å². The monoisotopic (exact) mass is 380 g/mol. The maximum absolute atomic E-state index is 12.4. The normalized spacial score (nSPS) is 11.7. The van der Waals surface area contributed by atoms with E-state index in [1.807, 2.05) is 33.1 Å². The Morgan fingerprint density at radius 1 is 1.23 bits per heavy atom. The quantitative estimate of drug-likeness (QED) is 0.608. The Morgan fingerprint density at radius 2 is 1.96 bits per heavy atom. The number of benzene rings is 1. The van der Waals surface area contributed by atoms with Crippen molar-refractivity contribution in [3.8, 4) is 0 Å². The van der Waals surface area contributed by atoms with Gasteiger partial charge in [0, 0.05) is 12.1 Å². The number of nitrogens with one attached hydrogen (secondary N) is 2. The summed E-state index contributed by atoms with van der Waals surface area (Å²) in [6.07, 6.45) is 2.36. The van der Waals surface area contributed by atoms with E-state index in [1.165, 1.54) is 0 Å². The number of ether oxygens (including phenoxy) is 1. The predicted molar refractivity (Wildman–Crippen MR) is 104 cm³/mol. The van der Waals surface area contributed by atoms with Crippen molar-refractivity contribution < 1.29 is 19.1 Å². The van der Waals surface area contributed by atoms with Gasteiger partial charge in [0.1, 0.15) is 6.04 Å². The molecule has 26 heavy (non-hydrogen) atoms. The van der Waals surface area contributed by atoms with Gasteiger partial charge in [-0.1, -0.05) is 31.5 Å². The van der Waals surface area contributed by atoms with Crippen LogP contribution >= 0.6 is 11.8 Å². The lowest BCUT2D eigenvalue weighted by atomic mass is 10.1. The first-order valence-corrected chi connectivity index (χ1v) is 10.0. The highest BCUT2D eigenvalue weighted by atomic mass is 32.2. The Bertz CT molecular complexity index is 619. The Hall–Kier alpha value is -2.02. The Labute approximate surface area is 159 Å². The average Bonchev–Trinajstić information content (AvgIpc) is 2.61. The van der Waals surface area contributed by atoms with E-state index in [1.54, 1.807) is 30.0 Å². The van der Waals surface area contributed by atoms with Crippen LogP contribution in [0.2, 0.25) is 0 Å². The molecular weight excluding hydrogens is 352 g/mol. The SMILES string of the molecule is CSCC[C@@H](NC(=O)c1cccc(C)c1)C(=O)OCC(=O)NCC(C)C. The fourth-order valence-electron chi connectivity index (χ4n) is 2.12. The lowest BCUT2D eigenvalue weighted by molar-refractivity contribution is -0.150. The smallest absolute Gasteiger partial charge is 0.329 e. The van der Waals surface area contributed by atoms with E-state index >= 15 is 0 Å². The van der Waals surface area contributed by atoms with Gasteiger partial charge in [-0.05, 0) is 43.4 Å². The van der Waals surface area contributed by atoms with Crippen molar-refractivity contribution in [3.63, 3.8) is 0 Å². The second-order valence-electron chi connectivity index (χ2n) is 6.48. The zero-order valence-corrected chi connectivity index (χ0v) is 16.7. The van der Waals surface area contributed by atoms with Crippen LogP contribution in [0.4, 0.5) is 0 Å². The van der Waals surface area contributed by atoms with Gasteiger partial charge in [-0.3, -0.25) is 9.59 Å². The molecule has 1 atom stereocenters. The molecule has 0 fully saturated rings. The van der Waals surface area contributed by atoms with Gasteiger partial charge in [-0.25, -0.2) is 4.79 Å². The summed E-state index contributed by atoms with van der Waals surface area (Å²) in [4.78, 5) is 36.4. The van der Waals surface area contributed by atoms with Gasteiger partial charge in [0.25, 0.3) is 11.8 Å². The van der Waals surface area contributed by atoms with Gasteiger partial charge in [-0.15, -0.1) is 0 Å². The van der Waals surface area contributed by atoms with Crippen molar-refractivity contribution in [1.82, 2.24) is 10.6 Å². The van der Waals surface area contributed by atoms with Crippen LogP contribution in [0.5, 0.6) is 0 Å². The van der Waals surface area contributed by atoms with E-state index in [2.05, 4.69) is 10.6 Å². The molecule has 1 aromatic rings. The molecule has 7 heteroatoms. The number of hydrogen-bond donors (Lipinski definition) is 2. The summed E-state index contributed by atoms with van der Waals surface area (Å²) >= 11 is 1.57. The molecule has 0 aliphatic heterocycles. The second kappa shape index (κ2) is 11.6. The number of rotatable bonds is 10. The van der Waals surface area contributed by atoms with Gasteiger partial charge in [0.15, 0.2) is 6.61 Å². The first-order chi connectivity index (χ1) is 12.3. The van der Waals surface area contributed by atoms with E-state index in [9.17, 15) is 14.4 Å². The molecule has 2 N–H and O–H groups in total. The fourth-order valence-corrected chi connectivity index (χ4v) is 2.59. The molecule has 0 aliphatic carbocycles. The van der Waals surface area contributed by atoms with Crippen molar-refractivity contribution >= 4 is 29.5 Å². The molecule has 2 amide bonds. The highest BCUT2D eigenvalue weighted by Gasteiger charge is 2.23. The topological polar surface area (TPSA) is 84.5 Å². The molecule has 1 rings (SSSR count). The molecule has 0 saturated heterocycles. The summed E-state index contributed by atoms with van der Waals surface area (Å²) < 4.78 is 5.08. The summed E-state index contributed by atoms with van der Waals surface area (Å²) in [5.41, 5.74) is 1.45. The Balaban J connectivity index is 2.62. The molecule has 0 bridgehead atoms. The maximum atomic E-state index is 12.4. The highest BCUT2D eigenvalue weighted by molar-refractivity contribution is 7.98. The van der Waals surface area contributed by atoms with Gasteiger partial charge < -0.3 is 15.4 Å². The second-order valence-corrected chi connectivity index (χ2v) is 7.47. The summed E-state index contributed by atoms with van der Waals surface area (Å²) in [5.74, 6) is -0.271. The van der Waals surface area contributed by atoms with Crippen LogP contribution in [-0.2, 0) is 14.3 Å². The molecule has 144 valence electrons. The Morgan fingerprint density at radius 3 is 2.58 bits per heavy atom. The zero-order valence-electron chi connectivity index (χ0n) is 15.8. The highest BCUT2D eigenvalue weighted by Crippen LogP contribution is 2.07. The van der Waals surface area contributed by atoms with Crippen LogP contribution in [0, 0.1) is 12.8 Å². The minimum Gasteiger partial charge on any atom is -0.454 e. The first kappa shape index (κ1) is 22.0. The van der Waals surface area contributed by atoms with Crippen LogP contribution in [0.15, 0.2) is 24.3 Å². The lowest BCUT2D eigenvalue weighted by Gasteiger charge is -2.17. The average molecular weight is 381 g/mol. The molecule has 0 aliphatic rings. The minimum atomic E-state index is -0.784.